The highest BCUT2D eigenvalue weighted by molar-refractivity contribution is 6.33. The number of nitrogens with zero attached hydrogens (tertiary/aromatic N) is 1. The SMILES string of the molecule is CC1CCCN1c1ccc(C(=O)O)cc1Cl. The summed E-state index contributed by atoms with van der Waals surface area (Å²) in [5.41, 5.74) is 1.18. The maximum atomic E-state index is 10.8. The summed E-state index contributed by atoms with van der Waals surface area (Å²) in [6.45, 7) is 3.15. The molecule has 1 unspecified atom stereocenters. The molecule has 3 nitrogen and oxygen atoms in total. The molecule has 0 saturated carbocycles. The van der Waals surface area contributed by atoms with Gasteiger partial charge in [0.15, 0.2) is 0 Å². The lowest BCUT2D eigenvalue weighted by Gasteiger charge is -2.24. The van der Waals surface area contributed by atoms with Crippen molar-refractivity contribution < 1.29 is 9.90 Å². The van der Waals surface area contributed by atoms with Gasteiger partial charge < -0.3 is 10.0 Å². The average molecular weight is 240 g/mol. The zero-order valence-electron chi connectivity index (χ0n) is 9.11. The van der Waals surface area contributed by atoms with Gasteiger partial charge in [-0.15, -0.1) is 0 Å². The lowest BCUT2D eigenvalue weighted by Crippen LogP contribution is -2.26. The van der Waals surface area contributed by atoms with E-state index in [1.165, 1.54) is 6.07 Å². The molecule has 1 aromatic carbocycles. The summed E-state index contributed by atoms with van der Waals surface area (Å²) >= 11 is 6.11. The molecule has 16 heavy (non-hydrogen) atoms. The molecule has 0 spiro atoms. The van der Waals surface area contributed by atoms with Crippen LogP contribution in [0, 0.1) is 0 Å². The number of benzene rings is 1. The van der Waals surface area contributed by atoms with Crippen LogP contribution in [0.25, 0.3) is 0 Å². The summed E-state index contributed by atoms with van der Waals surface area (Å²) in [7, 11) is 0. The summed E-state index contributed by atoms with van der Waals surface area (Å²) in [6.07, 6.45) is 2.33. The van der Waals surface area contributed by atoms with Crippen molar-refractivity contribution in [1.82, 2.24) is 0 Å². The van der Waals surface area contributed by atoms with Crippen LogP contribution in [0.3, 0.4) is 0 Å². The monoisotopic (exact) mass is 239 g/mol. The molecule has 1 saturated heterocycles. The summed E-state index contributed by atoms with van der Waals surface area (Å²) in [6, 6.07) is 5.40. The molecule has 1 N–H and O–H groups in total. The summed E-state index contributed by atoms with van der Waals surface area (Å²) < 4.78 is 0. The van der Waals surface area contributed by atoms with E-state index >= 15 is 0 Å². The van der Waals surface area contributed by atoms with Gasteiger partial charge in [0, 0.05) is 12.6 Å². The van der Waals surface area contributed by atoms with Gasteiger partial charge in [0.1, 0.15) is 0 Å². The van der Waals surface area contributed by atoms with Crippen molar-refractivity contribution in [3.05, 3.63) is 28.8 Å². The van der Waals surface area contributed by atoms with E-state index in [0.29, 0.717) is 11.1 Å². The van der Waals surface area contributed by atoms with Crippen LogP contribution in [0.15, 0.2) is 18.2 Å². The molecule has 0 aromatic heterocycles. The Morgan fingerprint density at radius 2 is 2.31 bits per heavy atom. The van der Waals surface area contributed by atoms with Gasteiger partial charge in [-0.2, -0.15) is 0 Å². The zero-order valence-corrected chi connectivity index (χ0v) is 9.87. The Kier molecular flexibility index (Phi) is 3.06. The molecule has 4 heteroatoms. The third-order valence-corrected chi connectivity index (χ3v) is 3.36. The Morgan fingerprint density at radius 1 is 1.56 bits per heavy atom. The Labute approximate surface area is 99.6 Å². The smallest absolute Gasteiger partial charge is 0.335 e. The molecule has 2 rings (SSSR count). The number of rotatable bonds is 2. The second-order valence-corrected chi connectivity index (χ2v) is 4.56. The molecule has 0 radical (unpaired) electrons. The number of carbonyl (C=O) groups is 1. The lowest BCUT2D eigenvalue weighted by atomic mass is 10.2. The Balaban J connectivity index is 2.32. The number of aromatic carboxylic acids is 1. The first kappa shape index (κ1) is 11.3. The van der Waals surface area contributed by atoms with Crippen LogP contribution in [0.5, 0.6) is 0 Å². The highest BCUT2D eigenvalue weighted by Crippen LogP contribution is 2.32. The van der Waals surface area contributed by atoms with E-state index in [-0.39, 0.29) is 5.56 Å². The van der Waals surface area contributed by atoms with Crippen molar-refractivity contribution in [3.63, 3.8) is 0 Å². The van der Waals surface area contributed by atoms with Crippen molar-refractivity contribution in [2.75, 3.05) is 11.4 Å². The van der Waals surface area contributed by atoms with Crippen molar-refractivity contribution in [2.24, 2.45) is 0 Å². The van der Waals surface area contributed by atoms with Crippen molar-refractivity contribution in [1.29, 1.82) is 0 Å². The topological polar surface area (TPSA) is 40.5 Å². The van der Waals surface area contributed by atoms with Gasteiger partial charge in [0.2, 0.25) is 0 Å². The van der Waals surface area contributed by atoms with Gasteiger partial charge >= 0.3 is 5.97 Å². The van der Waals surface area contributed by atoms with Crippen LogP contribution in [-0.2, 0) is 0 Å². The maximum absolute atomic E-state index is 10.8. The van der Waals surface area contributed by atoms with Crippen LogP contribution >= 0.6 is 11.6 Å². The van der Waals surface area contributed by atoms with Gasteiger partial charge in [0.05, 0.1) is 16.3 Å². The predicted molar refractivity (Wildman–Crippen MR) is 64.5 cm³/mol. The molecule has 0 amide bonds. The third-order valence-electron chi connectivity index (χ3n) is 3.06. The van der Waals surface area contributed by atoms with Gasteiger partial charge in [0.25, 0.3) is 0 Å². The number of carboxylic acid groups (broad SMARTS) is 1. The fourth-order valence-electron chi connectivity index (χ4n) is 2.16. The number of carboxylic acids is 1. The van der Waals surface area contributed by atoms with Gasteiger partial charge in [-0.25, -0.2) is 4.79 Å². The number of halogens is 1. The van der Waals surface area contributed by atoms with E-state index in [1.807, 2.05) is 0 Å². The minimum absolute atomic E-state index is 0.237. The summed E-state index contributed by atoms with van der Waals surface area (Å²) in [5, 5.41) is 9.37. The molecule has 0 bridgehead atoms. The van der Waals surface area contributed by atoms with Crippen molar-refractivity contribution >= 4 is 23.3 Å². The van der Waals surface area contributed by atoms with E-state index < -0.39 is 5.97 Å². The molecule has 0 aliphatic carbocycles. The van der Waals surface area contributed by atoms with Gasteiger partial charge in [-0.3, -0.25) is 0 Å². The highest BCUT2D eigenvalue weighted by Gasteiger charge is 2.22. The fraction of sp³-hybridized carbons (Fsp3) is 0.417. The second-order valence-electron chi connectivity index (χ2n) is 4.16. The van der Waals surface area contributed by atoms with Gasteiger partial charge in [-0.1, -0.05) is 11.6 Å². The van der Waals surface area contributed by atoms with Crippen LogP contribution in [0.1, 0.15) is 30.1 Å². The van der Waals surface area contributed by atoms with Crippen molar-refractivity contribution in [2.45, 2.75) is 25.8 Å². The van der Waals surface area contributed by atoms with Gasteiger partial charge in [-0.05, 0) is 38.0 Å². The number of hydrogen-bond acceptors (Lipinski definition) is 2. The average Bonchev–Trinajstić information content (AvgIpc) is 2.64. The second kappa shape index (κ2) is 4.34. The highest BCUT2D eigenvalue weighted by atomic mass is 35.5. The molecule has 1 heterocycles. The lowest BCUT2D eigenvalue weighted by molar-refractivity contribution is 0.0697. The molecule has 1 atom stereocenters. The standard InChI is InChI=1S/C12H14ClNO2/c1-8-3-2-6-14(8)11-5-4-9(12(15)16)7-10(11)13/h4-5,7-8H,2-3,6H2,1H3,(H,15,16). The minimum atomic E-state index is -0.942. The molecular weight excluding hydrogens is 226 g/mol. The van der Waals surface area contributed by atoms with E-state index in [0.717, 1.165) is 25.1 Å². The molecule has 1 aliphatic heterocycles. The first-order chi connectivity index (χ1) is 7.59. The molecular formula is C12H14ClNO2. The minimum Gasteiger partial charge on any atom is -0.478 e. The third kappa shape index (κ3) is 2.00. The first-order valence-electron chi connectivity index (χ1n) is 5.39. The van der Waals surface area contributed by atoms with E-state index in [2.05, 4.69) is 11.8 Å². The zero-order chi connectivity index (χ0) is 11.7. The maximum Gasteiger partial charge on any atom is 0.335 e. The molecule has 86 valence electrons. The first-order valence-corrected chi connectivity index (χ1v) is 5.77. The van der Waals surface area contributed by atoms with Crippen LogP contribution < -0.4 is 4.90 Å². The Bertz CT molecular complexity index is 419. The fourth-order valence-corrected chi connectivity index (χ4v) is 2.45. The molecule has 1 fully saturated rings. The molecule has 1 aromatic rings. The number of anilines is 1. The Hall–Kier alpha value is -1.22. The normalized spacial score (nSPS) is 20.1. The summed E-state index contributed by atoms with van der Waals surface area (Å²) in [4.78, 5) is 13.0. The number of hydrogen-bond donors (Lipinski definition) is 1. The van der Waals surface area contributed by atoms with Crippen molar-refractivity contribution in [3.8, 4) is 0 Å². The Morgan fingerprint density at radius 3 is 2.81 bits per heavy atom. The van der Waals surface area contributed by atoms with Crippen LogP contribution in [0.2, 0.25) is 5.02 Å². The van der Waals surface area contributed by atoms with Crippen LogP contribution in [0.4, 0.5) is 5.69 Å². The molecule has 1 aliphatic rings. The summed E-state index contributed by atoms with van der Waals surface area (Å²) in [5.74, 6) is -0.942. The van der Waals surface area contributed by atoms with E-state index in [9.17, 15) is 4.79 Å². The van der Waals surface area contributed by atoms with Crippen LogP contribution in [-0.4, -0.2) is 23.7 Å². The van der Waals surface area contributed by atoms with E-state index in [1.54, 1.807) is 12.1 Å². The largest absolute Gasteiger partial charge is 0.478 e. The van der Waals surface area contributed by atoms with E-state index in [4.69, 9.17) is 16.7 Å². The predicted octanol–water partition coefficient (Wildman–Crippen LogP) is 3.03. The quantitative estimate of drug-likeness (QED) is 0.863.